The quantitative estimate of drug-likeness (QED) is 0.916. The van der Waals surface area contributed by atoms with E-state index >= 15 is 0 Å². The van der Waals surface area contributed by atoms with Gasteiger partial charge in [0.15, 0.2) is 9.84 Å². The maximum Gasteiger partial charge on any atom is 0.254 e. The number of aryl methyl sites for hydroxylation is 2. The second kappa shape index (κ2) is 6.44. The van der Waals surface area contributed by atoms with Gasteiger partial charge in [0.2, 0.25) is 0 Å². The molecule has 0 aliphatic carbocycles. The molecule has 1 atom stereocenters. The maximum atomic E-state index is 14.4. The molecule has 25 heavy (non-hydrogen) atoms. The minimum absolute atomic E-state index is 0.106. The number of hydrogen-bond acceptors (Lipinski definition) is 3. The summed E-state index contributed by atoms with van der Waals surface area (Å²) in [6.07, 6.45) is 1.40. The molecule has 2 aromatic rings. The van der Waals surface area contributed by atoms with Gasteiger partial charge in [0, 0.05) is 5.41 Å². The smallest absolute Gasteiger partial charge is 0.254 e. The van der Waals surface area contributed by atoms with Gasteiger partial charge in [-0.05, 0) is 54.3 Å². The highest BCUT2D eigenvalue weighted by atomic mass is 32.2. The van der Waals surface area contributed by atoms with E-state index in [4.69, 9.17) is 0 Å². The lowest BCUT2D eigenvalue weighted by molar-refractivity contribution is 0.0943. The third kappa shape index (κ3) is 3.79. The van der Waals surface area contributed by atoms with Gasteiger partial charge in [-0.15, -0.1) is 0 Å². The Kier molecular flexibility index (Phi) is 4.47. The molecule has 4 nitrogen and oxygen atoms in total. The van der Waals surface area contributed by atoms with Crippen molar-refractivity contribution in [2.45, 2.75) is 19.9 Å². The van der Waals surface area contributed by atoms with Crippen molar-refractivity contribution in [2.75, 3.05) is 5.75 Å². The first-order valence-electron chi connectivity index (χ1n) is 7.84. The fourth-order valence-electron chi connectivity index (χ4n) is 2.71. The second-order valence-electron chi connectivity index (χ2n) is 6.23. The summed E-state index contributed by atoms with van der Waals surface area (Å²) >= 11 is 0. The van der Waals surface area contributed by atoms with Crippen LogP contribution in [-0.4, -0.2) is 26.1 Å². The van der Waals surface area contributed by atoms with E-state index in [0.29, 0.717) is 5.56 Å². The van der Waals surface area contributed by atoms with Crippen molar-refractivity contribution in [1.82, 2.24) is 5.32 Å². The fourth-order valence-corrected chi connectivity index (χ4v) is 3.95. The Morgan fingerprint density at radius 3 is 2.36 bits per heavy atom. The molecule has 3 rings (SSSR count). The minimum atomic E-state index is -3.27. The molecule has 2 aromatic carbocycles. The van der Waals surface area contributed by atoms with Crippen molar-refractivity contribution in [3.05, 3.63) is 70.4 Å². The number of carbonyl (C=O) groups is 1. The van der Waals surface area contributed by atoms with Crippen LogP contribution in [0.5, 0.6) is 0 Å². The van der Waals surface area contributed by atoms with Crippen LogP contribution in [-0.2, 0) is 9.84 Å². The summed E-state index contributed by atoms with van der Waals surface area (Å²) in [5, 5.41) is 3.59. The van der Waals surface area contributed by atoms with Crippen molar-refractivity contribution < 1.29 is 17.6 Å². The van der Waals surface area contributed by atoms with Gasteiger partial charge in [0.05, 0.1) is 17.4 Å². The summed E-state index contributed by atoms with van der Waals surface area (Å²) in [6, 6.07) is 9.64. The Morgan fingerprint density at radius 2 is 1.76 bits per heavy atom. The topological polar surface area (TPSA) is 63.2 Å². The summed E-state index contributed by atoms with van der Waals surface area (Å²) in [6.45, 7) is 3.99. The Hall–Kier alpha value is -2.47. The molecule has 0 saturated heterocycles. The van der Waals surface area contributed by atoms with Crippen LogP contribution in [0.4, 0.5) is 4.39 Å². The summed E-state index contributed by atoms with van der Waals surface area (Å²) < 4.78 is 37.1. The van der Waals surface area contributed by atoms with Crippen LogP contribution in [0.2, 0.25) is 0 Å². The van der Waals surface area contributed by atoms with Crippen molar-refractivity contribution in [3.63, 3.8) is 0 Å². The Labute approximate surface area is 146 Å². The fraction of sp³-hybridized carbons (Fsp3) is 0.211. The number of amides is 1. The van der Waals surface area contributed by atoms with Crippen LogP contribution >= 0.6 is 0 Å². The molecule has 0 radical (unpaired) electrons. The molecular weight excluding hydrogens is 341 g/mol. The zero-order valence-electron chi connectivity index (χ0n) is 13.9. The van der Waals surface area contributed by atoms with Crippen molar-refractivity contribution in [1.29, 1.82) is 0 Å². The predicted octanol–water partition coefficient (Wildman–Crippen LogP) is 3.15. The van der Waals surface area contributed by atoms with Crippen LogP contribution in [0.1, 0.15) is 21.5 Å². The Balaban J connectivity index is 1.81. The lowest BCUT2D eigenvalue weighted by Crippen LogP contribution is -2.35. The molecule has 0 aromatic heterocycles. The molecule has 0 saturated carbocycles. The number of sulfone groups is 1. The molecule has 130 valence electrons. The van der Waals surface area contributed by atoms with Gasteiger partial charge in [-0.25, -0.2) is 12.8 Å². The third-order valence-corrected chi connectivity index (χ3v) is 5.70. The van der Waals surface area contributed by atoms with Crippen LogP contribution < -0.4 is 5.32 Å². The molecule has 6 heteroatoms. The van der Waals surface area contributed by atoms with E-state index in [1.54, 1.807) is 6.07 Å². The van der Waals surface area contributed by atoms with Gasteiger partial charge < -0.3 is 5.32 Å². The molecule has 1 unspecified atom stereocenters. The largest absolute Gasteiger partial charge is 0.345 e. The zero-order valence-corrected chi connectivity index (χ0v) is 14.7. The average molecular weight is 359 g/mol. The van der Waals surface area contributed by atoms with Crippen LogP contribution in [0, 0.1) is 19.7 Å². The normalized spacial score (nSPS) is 18.3. The highest BCUT2D eigenvalue weighted by molar-refractivity contribution is 7.94. The summed E-state index contributed by atoms with van der Waals surface area (Å²) in [4.78, 5) is 12.2. The first kappa shape index (κ1) is 17.4. The summed E-state index contributed by atoms with van der Waals surface area (Å²) in [7, 11) is -3.27. The Bertz CT molecular complexity index is 980. The zero-order chi connectivity index (χ0) is 18.2. The lowest BCUT2D eigenvalue weighted by Gasteiger charge is -2.12. The van der Waals surface area contributed by atoms with Gasteiger partial charge in [-0.2, -0.15) is 0 Å². The molecule has 0 bridgehead atoms. The van der Waals surface area contributed by atoms with E-state index in [-0.39, 0.29) is 11.3 Å². The molecule has 1 amide bonds. The number of benzene rings is 2. The van der Waals surface area contributed by atoms with Crippen molar-refractivity contribution in [2.24, 2.45) is 0 Å². The van der Waals surface area contributed by atoms with Crippen LogP contribution in [0.15, 0.2) is 47.9 Å². The first-order valence-corrected chi connectivity index (χ1v) is 9.56. The molecule has 1 heterocycles. The van der Waals surface area contributed by atoms with E-state index in [0.717, 1.165) is 22.1 Å². The monoisotopic (exact) mass is 359 g/mol. The third-order valence-electron chi connectivity index (χ3n) is 4.30. The minimum Gasteiger partial charge on any atom is -0.345 e. The van der Waals surface area contributed by atoms with E-state index < -0.39 is 27.6 Å². The van der Waals surface area contributed by atoms with E-state index in [9.17, 15) is 17.6 Å². The number of hydrogen-bond donors (Lipinski definition) is 1. The SMILES string of the molecule is Cc1ccc(-c2ccc(C(=O)NC3C=CS(=O)(=O)C3)c(F)c2)cc1C. The van der Waals surface area contributed by atoms with Gasteiger partial charge in [-0.1, -0.05) is 24.3 Å². The number of nitrogens with one attached hydrogen (secondary N) is 1. The summed E-state index contributed by atoms with van der Waals surface area (Å²) in [5.74, 6) is -1.46. The number of halogens is 1. The number of rotatable bonds is 3. The molecular formula is C19H18FNO3S. The van der Waals surface area contributed by atoms with Gasteiger partial charge in [-0.3, -0.25) is 4.79 Å². The van der Waals surface area contributed by atoms with Gasteiger partial charge >= 0.3 is 0 Å². The second-order valence-corrected chi connectivity index (χ2v) is 8.16. The van der Waals surface area contributed by atoms with Crippen LogP contribution in [0.25, 0.3) is 11.1 Å². The Morgan fingerprint density at radius 1 is 1.08 bits per heavy atom. The highest BCUT2D eigenvalue weighted by Crippen LogP contribution is 2.24. The summed E-state index contributed by atoms with van der Waals surface area (Å²) in [5.41, 5.74) is 3.71. The lowest BCUT2D eigenvalue weighted by atomic mass is 9.99. The van der Waals surface area contributed by atoms with Crippen molar-refractivity contribution in [3.8, 4) is 11.1 Å². The maximum absolute atomic E-state index is 14.4. The highest BCUT2D eigenvalue weighted by Gasteiger charge is 2.24. The van der Waals surface area contributed by atoms with Crippen molar-refractivity contribution >= 4 is 15.7 Å². The molecule has 1 N–H and O–H groups in total. The molecule has 0 spiro atoms. The van der Waals surface area contributed by atoms with Crippen LogP contribution in [0.3, 0.4) is 0 Å². The average Bonchev–Trinajstić information content (AvgIpc) is 2.88. The molecule has 1 aliphatic heterocycles. The number of carbonyl (C=O) groups excluding carboxylic acids is 1. The standard InChI is InChI=1S/C19H18FNO3S/c1-12-3-4-14(9-13(12)2)15-5-6-17(18(20)10-15)19(22)21-16-7-8-25(23,24)11-16/h3-10,16H,11H2,1-2H3,(H,21,22). The predicted molar refractivity (Wildman–Crippen MR) is 95.5 cm³/mol. The molecule has 0 fully saturated rings. The van der Waals surface area contributed by atoms with Gasteiger partial charge in [0.1, 0.15) is 5.82 Å². The van der Waals surface area contributed by atoms with E-state index in [1.807, 2.05) is 32.0 Å². The first-order chi connectivity index (χ1) is 11.7. The van der Waals surface area contributed by atoms with E-state index in [1.165, 1.54) is 18.2 Å². The van der Waals surface area contributed by atoms with Gasteiger partial charge in [0.25, 0.3) is 5.91 Å². The molecule has 1 aliphatic rings. The van der Waals surface area contributed by atoms with E-state index in [2.05, 4.69) is 5.32 Å².